The molecule has 3 aromatic heterocycles. The van der Waals surface area contributed by atoms with Gasteiger partial charge >= 0.3 is 0 Å². The molecule has 0 bridgehead atoms. The summed E-state index contributed by atoms with van der Waals surface area (Å²) in [6.45, 7) is 0. The van der Waals surface area contributed by atoms with Crippen molar-refractivity contribution in [3.63, 3.8) is 0 Å². The van der Waals surface area contributed by atoms with Gasteiger partial charge in [0.25, 0.3) is 0 Å². The second-order valence-corrected chi connectivity index (χ2v) is 4.53. The summed E-state index contributed by atoms with van der Waals surface area (Å²) in [7, 11) is 1.54. The Morgan fingerprint density at radius 2 is 2.18 bits per heavy atom. The zero-order valence-corrected chi connectivity index (χ0v) is 11.9. The van der Waals surface area contributed by atoms with E-state index < -0.39 is 0 Å². The zero-order valence-electron chi connectivity index (χ0n) is 11.9. The summed E-state index contributed by atoms with van der Waals surface area (Å²) in [5.41, 5.74) is 0.612. The molecule has 22 heavy (non-hydrogen) atoms. The minimum absolute atomic E-state index is 0.140. The third kappa shape index (κ3) is 3.00. The lowest BCUT2D eigenvalue weighted by Gasteiger charge is -2.03. The van der Waals surface area contributed by atoms with Crippen LogP contribution in [-0.4, -0.2) is 37.8 Å². The predicted molar refractivity (Wildman–Crippen MR) is 78.5 cm³/mol. The SMILES string of the molecule is COc1ccc2nnc(CCC(=O)Nc3ccccn3)n2n1. The number of amides is 1. The van der Waals surface area contributed by atoms with Gasteiger partial charge in [0.1, 0.15) is 5.82 Å². The van der Waals surface area contributed by atoms with Crippen LogP contribution >= 0.6 is 0 Å². The first-order valence-corrected chi connectivity index (χ1v) is 6.72. The maximum atomic E-state index is 11.9. The van der Waals surface area contributed by atoms with E-state index in [1.807, 2.05) is 6.07 Å². The Bertz CT molecular complexity index is 786. The highest BCUT2D eigenvalue weighted by Gasteiger charge is 2.10. The fourth-order valence-electron chi connectivity index (χ4n) is 1.95. The Kier molecular flexibility index (Phi) is 3.90. The van der Waals surface area contributed by atoms with E-state index in [1.54, 1.807) is 42.1 Å². The van der Waals surface area contributed by atoms with E-state index in [1.165, 1.54) is 0 Å². The molecule has 3 heterocycles. The summed E-state index contributed by atoms with van der Waals surface area (Å²) < 4.78 is 6.65. The molecule has 0 atom stereocenters. The van der Waals surface area contributed by atoms with Crippen LogP contribution in [0.25, 0.3) is 5.65 Å². The van der Waals surface area contributed by atoms with Crippen molar-refractivity contribution in [2.75, 3.05) is 12.4 Å². The van der Waals surface area contributed by atoms with Crippen LogP contribution < -0.4 is 10.1 Å². The maximum absolute atomic E-state index is 11.9. The molecule has 0 aliphatic rings. The van der Waals surface area contributed by atoms with Crippen molar-refractivity contribution in [2.45, 2.75) is 12.8 Å². The number of hydrogen-bond donors (Lipinski definition) is 1. The first-order valence-electron chi connectivity index (χ1n) is 6.72. The molecule has 0 unspecified atom stereocenters. The number of nitrogens with one attached hydrogen (secondary N) is 1. The van der Waals surface area contributed by atoms with Crippen LogP contribution in [-0.2, 0) is 11.2 Å². The second-order valence-electron chi connectivity index (χ2n) is 4.53. The van der Waals surface area contributed by atoms with Crippen molar-refractivity contribution in [1.82, 2.24) is 24.8 Å². The van der Waals surface area contributed by atoms with E-state index >= 15 is 0 Å². The fourth-order valence-corrected chi connectivity index (χ4v) is 1.95. The van der Waals surface area contributed by atoms with Gasteiger partial charge in [-0.15, -0.1) is 15.3 Å². The average Bonchev–Trinajstić information content (AvgIpc) is 2.96. The summed E-state index contributed by atoms with van der Waals surface area (Å²) in [4.78, 5) is 16.0. The van der Waals surface area contributed by atoms with Crippen molar-refractivity contribution in [3.8, 4) is 5.88 Å². The largest absolute Gasteiger partial charge is 0.480 e. The Morgan fingerprint density at radius 3 is 2.95 bits per heavy atom. The number of carbonyl (C=O) groups is 1. The Balaban J connectivity index is 1.67. The van der Waals surface area contributed by atoms with Crippen molar-refractivity contribution >= 4 is 17.4 Å². The van der Waals surface area contributed by atoms with E-state index in [9.17, 15) is 4.79 Å². The number of pyridine rings is 1. The number of hydrogen-bond acceptors (Lipinski definition) is 6. The molecule has 0 aliphatic heterocycles. The molecule has 0 aromatic carbocycles. The molecule has 0 aliphatic carbocycles. The van der Waals surface area contributed by atoms with E-state index in [2.05, 4.69) is 25.6 Å². The third-order valence-corrected chi connectivity index (χ3v) is 3.02. The second kappa shape index (κ2) is 6.17. The van der Waals surface area contributed by atoms with Crippen LogP contribution in [0.15, 0.2) is 36.5 Å². The number of aromatic nitrogens is 5. The number of fused-ring (bicyclic) bond motifs is 1. The molecule has 8 heteroatoms. The van der Waals surface area contributed by atoms with Gasteiger partial charge in [-0.2, -0.15) is 4.52 Å². The first kappa shape index (κ1) is 13.9. The first-order chi connectivity index (χ1) is 10.8. The van der Waals surface area contributed by atoms with Gasteiger partial charge in [0.15, 0.2) is 11.5 Å². The van der Waals surface area contributed by atoms with E-state index in [4.69, 9.17) is 4.74 Å². The highest BCUT2D eigenvalue weighted by atomic mass is 16.5. The van der Waals surface area contributed by atoms with Gasteiger partial charge in [-0.25, -0.2) is 4.98 Å². The van der Waals surface area contributed by atoms with Crippen LogP contribution in [0, 0.1) is 0 Å². The molecule has 0 spiro atoms. The molecule has 3 rings (SSSR count). The maximum Gasteiger partial charge on any atom is 0.231 e. The number of aryl methyl sites for hydroxylation is 1. The van der Waals surface area contributed by atoms with Crippen LogP contribution in [0.5, 0.6) is 5.88 Å². The molecule has 1 N–H and O–H groups in total. The number of carbonyl (C=O) groups excluding carboxylic acids is 1. The lowest BCUT2D eigenvalue weighted by Crippen LogP contribution is -2.14. The van der Waals surface area contributed by atoms with Crippen molar-refractivity contribution < 1.29 is 9.53 Å². The van der Waals surface area contributed by atoms with Crippen molar-refractivity contribution in [2.24, 2.45) is 0 Å². The fraction of sp³-hybridized carbons (Fsp3) is 0.214. The minimum atomic E-state index is -0.140. The number of nitrogens with zero attached hydrogens (tertiary/aromatic N) is 5. The number of ether oxygens (including phenoxy) is 1. The van der Waals surface area contributed by atoms with Gasteiger partial charge < -0.3 is 10.1 Å². The Hall–Kier alpha value is -3.03. The molecule has 1 amide bonds. The predicted octanol–water partition coefficient (Wildman–Crippen LogP) is 1.10. The number of rotatable bonds is 5. The third-order valence-electron chi connectivity index (χ3n) is 3.02. The van der Waals surface area contributed by atoms with Crippen LogP contribution in [0.1, 0.15) is 12.2 Å². The minimum Gasteiger partial charge on any atom is -0.480 e. The molecule has 0 saturated carbocycles. The monoisotopic (exact) mass is 298 g/mol. The number of anilines is 1. The lowest BCUT2D eigenvalue weighted by atomic mass is 10.3. The van der Waals surface area contributed by atoms with Crippen LogP contribution in [0.2, 0.25) is 0 Å². The standard InChI is InChI=1S/C14H14N6O2/c1-22-14-8-6-12-18-17-11(20(12)19-14)5-7-13(21)16-10-4-2-3-9-15-10/h2-4,6,8-9H,5,7H2,1H3,(H,15,16,21). The van der Waals surface area contributed by atoms with Gasteiger partial charge in [-0.3, -0.25) is 4.79 Å². The molecule has 0 radical (unpaired) electrons. The summed E-state index contributed by atoms with van der Waals surface area (Å²) in [6.07, 6.45) is 2.30. The quantitative estimate of drug-likeness (QED) is 0.758. The normalized spacial score (nSPS) is 10.6. The van der Waals surface area contributed by atoms with E-state index in [-0.39, 0.29) is 12.3 Å². The summed E-state index contributed by atoms with van der Waals surface area (Å²) in [5, 5.41) is 15.0. The molecule has 0 saturated heterocycles. The summed E-state index contributed by atoms with van der Waals surface area (Å²) >= 11 is 0. The van der Waals surface area contributed by atoms with Gasteiger partial charge in [-0.05, 0) is 18.2 Å². The van der Waals surface area contributed by atoms with E-state index in [0.29, 0.717) is 29.6 Å². The molecule has 3 aromatic rings. The van der Waals surface area contributed by atoms with E-state index in [0.717, 1.165) is 0 Å². The van der Waals surface area contributed by atoms with Gasteiger partial charge in [0.05, 0.1) is 7.11 Å². The highest BCUT2D eigenvalue weighted by Crippen LogP contribution is 2.10. The Morgan fingerprint density at radius 1 is 1.27 bits per heavy atom. The van der Waals surface area contributed by atoms with Gasteiger partial charge in [0.2, 0.25) is 11.8 Å². The van der Waals surface area contributed by atoms with Gasteiger partial charge in [0, 0.05) is 25.1 Å². The lowest BCUT2D eigenvalue weighted by molar-refractivity contribution is -0.116. The summed E-state index contributed by atoms with van der Waals surface area (Å²) in [5.74, 6) is 1.45. The topological polar surface area (TPSA) is 94.3 Å². The molecule has 8 nitrogen and oxygen atoms in total. The summed E-state index contributed by atoms with van der Waals surface area (Å²) in [6, 6.07) is 8.80. The smallest absolute Gasteiger partial charge is 0.231 e. The highest BCUT2D eigenvalue weighted by molar-refractivity contribution is 5.89. The zero-order chi connectivity index (χ0) is 15.4. The average molecular weight is 298 g/mol. The van der Waals surface area contributed by atoms with Crippen molar-refractivity contribution in [3.05, 3.63) is 42.4 Å². The van der Waals surface area contributed by atoms with Crippen LogP contribution in [0.4, 0.5) is 5.82 Å². The van der Waals surface area contributed by atoms with Crippen molar-refractivity contribution in [1.29, 1.82) is 0 Å². The molecule has 0 fully saturated rings. The molecular formula is C14H14N6O2. The molecular weight excluding hydrogens is 284 g/mol. The van der Waals surface area contributed by atoms with Gasteiger partial charge in [-0.1, -0.05) is 6.07 Å². The van der Waals surface area contributed by atoms with Crippen LogP contribution in [0.3, 0.4) is 0 Å². The number of methoxy groups -OCH3 is 1. The Labute approximate surface area is 126 Å². The molecule has 112 valence electrons.